The lowest BCUT2D eigenvalue weighted by atomic mass is 10.0. The molecule has 2 aromatic carbocycles. The summed E-state index contributed by atoms with van der Waals surface area (Å²) in [6.45, 7) is 0. The molecule has 0 atom stereocenters. The lowest BCUT2D eigenvalue weighted by Gasteiger charge is -2.11. The second kappa shape index (κ2) is 6.24. The minimum absolute atomic E-state index is 0.0441. The quantitative estimate of drug-likeness (QED) is 0.572. The van der Waals surface area contributed by atoms with Gasteiger partial charge in [-0.25, -0.2) is 4.68 Å². The average Bonchev–Trinajstić information content (AvgIpc) is 3.15. The second-order valence-corrected chi connectivity index (χ2v) is 5.89. The van der Waals surface area contributed by atoms with E-state index < -0.39 is 0 Å². The summed E-state index contributed by atoms with van der Waals surface area (Å²) in [4.78, 5) is 12.8. The first-order valence-electron chi connectivity index (χ1n) is 8.10. The van der Waals surface area contributed by atoms with Crippen molar-refractivity contribution in [3.8, 4) is 28.1 Å². The van der Waals surface area contributed by atoms with Crippen LogP contribution in [0.2, 0.25) is 0 Å². The van der Waals surface area contributed by atoms with Crippen molar-refractivity contribution in [2.24, 2.45) is 7.05 Å². The number of pyridine rings is 1. The summed E-state index contributed by atoms with van der Waals surface area (Å²) in [6.07, 6.45) is 3.58. The number of aromatic nitrogens is 3. The van der Waals surface area contributed by atoms with E-state index in [4.69, 9.17) is 0 Å². The predicted molar refractivity (Wildman–Crippen MR) is 99.7 cm³/mol. The Morgan fingerprint density at radius 1 is 0.840 bits per heavy atom. The molecule has 0 spiro atoms. The van der Waals surface area contributed by atoms with Gasteiger partial charge in [0.2, 0.25) is 0 Å². The summed E-state index contributed by atoms with van der Waals surface area (Å²) < 4.78 is 3.42. The Kier molecular flexibility index (Phi) is 3.78. The normalized spacial score (nSPS) is 10.8. The number of nitrogens with zero attached hydrogens (tertiary/aromatic N) is 3. The van der Waals surface area contributed by atoms with Crippen LogP contribution in [0.15, 0.2) is 90.0 Å². The van der Waals surface area contributed by atoms with Gasteiger partial charge in [-0.1, -0.05) is 48.5 Å². The highest BCUT2D eigenvalue weighted by molar-refractivity contribution is 5.71. The molecule has 0 aliphatic carbocycles. The number of benzene rings is 2. The summed E-state index contributed by atoms with van der Waals surface area (Å²) in [5.74, 6) is 0. The maximum Gasteiger partial charge on any atom is 0.259 e. The van der Waals surface area contributed by atoms with Crippen molar-refractivity contribution in [1.82, 2.24) is 14.3 Å². The van der Waals surface area contributed by atoms with Crippen LogP contribution in [0.5, 0.6) is 0 Å². The highest BCUT2D eigenvalue weighted by Crippen LogP contribution is 2.25. The van der Waals surface area contributed by atoms with Crippen LogP contribution in [-0.4, -0.2) is 14.3 Å². The van der Waals surface area contributed by atoms with E-state index in [0.29, 0.717) is 5.56 Å². The van der Waals surface area contributed by atoms with Crippen molar-refractivity contribution in [3.05, 3.63) is 95.5 Å². The van der Waals surface area contributed by atoms with Crippen LogP contribution in [-0.2, 0) is 7.05 Å². The second-order valence-electron chi connectivity index (χ2n) is 5.89. The number of hydrogen-bond donors (Lipinski definition) is 0. The van der Waals surface area contributed by atoms with Gasteiger partial charge in [0.15, 0.2) is 0 Å². The Morgan fingerprint density at radius 2 is 1.52 bits per heavy atom. The van der Waals surface area contributed by atoms with Crippen LogP contribution in [0.1, 0.15) is 0 Å². The molecule has 4 rings (SSSR count). The van der Waals surface area contributed by atoms with Crippen LogP contribution in [0.4, 0.5) is 0 Å². The largest absolute Gasteiger partial charge is 0.317 e. The first-order chi connectivity index (χ1) is 12.2. The van der Waals surface area contributed by atoms with Gasteiger partial charge < -0.3 is 4.57 Å². The summed E-state index contributed by atoms with van der Waals surface area (Å²) in [5, 5.41) is 4.40. The summed E-state index contributed by atoms with van der Waals surface area (Å²) >= 11 is 0. The minimum Gasteiger partial charge on any atom is -0.317 e. The standard InChI is InChI=1S/C21H17N3O/c1-23-15-17(16-8-4-2-5-9-16)14-19(21(23)25)20-12-13-22-24(20)18-10-6-3-7-11-18/h2-15H,1H3. The SMILES string of the molecule is Cn1cc(-c2ccccc2)cc(-c2ccnn2-c2ccccc2)c1=O. The van der Waals surface area contributed by atoms with Gasteiger partial charge in [0.05, 0.1) is 23.1 Å². The molecule has 0 fully saturated rings. The molecular weight excluding hydrogens is 310 g/mol. The van der Waals surface area contributed by atoms with E-state index in [-0.39, 0.29) is 5.56 Å². The molecule has 2 heterocycles. The van der Waals surface area contributed by atoms with Crippen molar-refractivity contribution < 1.29 is 0 Å². The number of hydrogen-bond acceptors (Lipinski definition) is 2. The highest BCUT2D eigenvalue weighted by atomic mass is 16.1. The zero-order chi connectivity index (χ0) is 17.2. The third-order valence-electron chi connectivity index (χ3n) is 4.21. The van der Waals surface area contributed by atoms with Crippen molar-refractivity contribution in [2.75, 3.05) is 0 Å². The molecule has 0 aliphatic rings. The molecule has 4 aromatic rings. The summed E-state index contributed by atoms with van der Waals surface area (Å²) in [6, 6.07) is 23.7. The van der Waals surface area contributed by atoms with Gasteiger partial charge in [-0.2, -0.15) is 5.10 Å². The molecule has 0 N–H and O–H groups in total. The molecule has 0 bridgehead atoms. The van der Waals surface area contributed by atoms with E-state index in [1.807, 2.05) is 79.0 Å². The third-order valence-corrected chi connectivity index (χ3v) is 4.21. The lowest BCUT2D eigenvalue weighted by molar-refractivity contribution is 0.850. The Bertz CT molecular complexity index is 1060. The van der Waals surface area contributed by atoms with Crippen LogP contribution >= 0.6 is 0 Å². The van der Waals surface area contributed by atoms with Crippen molar-refractivity contribution in [2.45, 2.75) is 0 Å². The topological polar surface area (TPSA) is 39.8 Å². The van der Waals surface area contributed by atoms with Gasteiger partial charge in [-0.15, -0.1) is 0 Å². The fourth-order valence-corrected chi connectivity index (χ4v) is 2.97. The number of para-hydroxylation sites is 1. The molecule has 25 heavy (non-hydrogen) atoms. The van der Waals surface area contributed by atoms with E-state index in [1.54, 1.807) is 22.5 Å². The van der Waals surface area contributed by atoms with Gasteiger partial charge in [-0.05, 0) is 35.4 Å². The summed E-state index contributed by atoms with van der Waals surface area (Å²) in [7, 11) is 1.78. The Hall–Kier alpha value is -3.40. The molecule has 4 nitrogen and oxygen atoms in total. The molecule has 0 radical (unpaired) electrons. The van der Waals surface area contributed by atoms with Crippen LogP contribution in [0, 0.1) is 0 Å². The van der Waals surface area contributed by atoms with Crippen LogP contribution < -0.4 is 5.56 Å². The molecule has 0 saturated carbocycles. The molecule has 2 aromatic heterocycles. The third kappa shape index (κ3) is 2.78. The smallest absolute Gasteiger partial charge is 0.259 e. The minimum atomic E-state index is -0.0441. The van der Waals surface area contributed by atoms with E-state index >= 15 is 0 Å². The van der Waals surface area contributed by atoms with Gasteiger partial charge in [0.25, 0.3) is 5.56 Å². The fraction of sp³-hybridized carbons (Fsp3) is 0.0476. The van der Waals surface area contributed by atoms with Gasteiger partial charge in [0.1, 0.15) is 0 Å². The molecule has 0 unspecified atom stereocenters. The van der Waals surface area contributed by atoms with Gasteiger partial charge in [-0.3, -0.25) is 4.79 Å². The maximum atomic E-state index is 12.8. The highest BCUT2D eigenvalue weighted by Gasteiger charge is 2.13. The maximum absolute atomic E-state index is 12.8. The number of rotatable bonds is 3. The van der Waals surface area contributed by atoms with Crippen molar-refractivity contribution >= 4 is 0 Å². The van der Waals surface area contributed by atoms with Gasteiger partial charge >= 0.3 is 0 Å². The Balaban J connectivity index is 1.92. The summed E-state index contributed by atoms with van der Waals surface area (Å²) in [5.41, 5.74) is 4.37. The van der Waals surface area contributed by atoms with Crippen LogP contribution in [0.3, 0.4) is 0 Å². The van der Waals surface area contributed by atoms with Crippen LogP contribution in [0.25, 0.3) is 28.1 Å². The van der Waals surface area contributed by atoms with E-state index in [0.717, 1.165) is 22.5 Å². The Labute approximate surface area is 145 Å². The monoisotopic (exact) mass is 327 g/mol. The van der Waals surface area contributed by atoms with Crippen molar-refractivity contribution in [1.29, 1.82) is 0 Å². The molecule has 4 heteroatoms. The Morgan fingerprint density at radius 3 is 2.24 bits per heavy atom. The molecule has 0 saturated heterocycles. The van der Waals surface area contributed by atoms with Gasteiger partial charge in [0, 0.05) is 13.2 Å². The molecule has 122 valence electrons. The lowest BCUT2D eigenvalue weighted by Crippen LogP contribution is -2.19. The fourth-order valence-electron chi connectivity index (χ4n) is 2.97. The molecule has 0 amide bonds. The zero-order valence-electron chi connectivity index (χ0n) is 13.8. The van der Waals surface area contributed by atoms with E-state index in [1.165, 1.54) is 0 Å². The van der Waals surface area contributed by atoms with Crippen molar-refractivity contribution in [3.63, 3.8) is 0 Å². The number of aryl methyl sites for hydroxylation is 1. The van der Waals surface area contributed by atoms with E-state index in [2.05, 4.69) is 5.10 Å². The average molecular weight is 327 g/mol. The predicted octanol–water partition coefficient (Wildman–Crippen LogP) is 3.91. The molecule has 0 aliphatic heterocycles. The first-order valence-corrected chi connectivity index (χ1v) is 8.10. The molecular formula is C21H17N3O. The zero-order valence-corrected chi connectivity index (χ0v) is 13.8. The van der Waals surface area contributed by atoms with E-state index in [9.17, 15) is 4.79 Å². The first kappa shape index (κ1) is 15.1.